The van der Waals surface area contributed by atoms with Crippen molar-refractivity contribution in [3.8, 4) is 5.75 Å². The van der Waals surface area contributed by atoms with Gasteiger partial charge in [0.2, 0.25) is 0 Å². The Morgan fingerprint density at radius 1 is 1.10 bits per heavy atom. The van der Waals surface area contributed by atoms with Crippen molar-refractivity contribution in [3.05, 3.63) is 29.8 Å². The Labute approximate surface area is 122 Å². The SMILES string of the molecule is COCCc1ccc(OCCCNC2CCCC2)cc1. The molecule has 0 unspecified atom stereocenters. The minimum Gasteiger partial charge on any atom is -0.494 e. The molecule has 1 N–H and O–H groups in total. The maximum Gasteiger partial charge on any atom is 0.119 e. The fraction of sp³-hybridized carbons (Fsp3) is 0.647. The van der Waals surface area contributed by atoms with Crippen molar-refractivity contribution in [1.29, 1.82) is 0 Å². The van der Waals surface area contributed by atoms with Crippen molar-refractivity contribution < 1.29 is 9.47 Å². The smallest absolute Gasteiger partial charge is 0.119 e. The van der Waals surface area contributed by atoms with Crippen LogP contribution in [0, 0.1) is 0 Å². The van der Waals surface area contributed by atoms with Crippen molar-refractivity contribution in [2.24, 2.45) is 0 Å². The molecule has 0 atom stereocenters. The van der Waals surface area contributed by atoms with Gasteiger partial charge in [0, 0.05) is 13.2 Å². The van der Waals surface area contributed by atoms with E-state index < -0.39 is 0 Å². The molecule has 0 bridgehead atoms. The summed E-state index contributed by atoms with van der Waals surface area (Å²) >= 11 is 0. The monoisotopic (exact) mass is 277 g/mol. The Balaban J connectivity index is 1.56. The first-order valence-electron chi connectivity index (χ1n) is 7.82. The van der Waals surface area contributed by atoms with Gasteiger partial charge in [-0.1, -0.05) is 25.0 Å². The van der Waals surface area contributed by atoms with E-state index in [9.17, 15) is 0 Å². The predicted molar refractivity (Wildman–Crippen MR) is 82.4 cm³/mol. The Morgan fingerprint density at radius 3 is 2.55 bits per heavy atom. The van der Waals surface area contributed by atoms with E-state index in [1.54, 1.807) is 7.11 Å². The van der Waals surface area contributed by atoms with E-state index in [4.69, 9.17) is 9.47 Å². The summed E-state index contributed by atoms with van der Waals surface area (Å²) in [4.78, 5) is 0. The fourth-order valence-corrected chi connectivity index (χ4v) is 2.67. The summed E-state index contributed by atoms with van der Waals surface area (Å²) in [5, 5.41) is 3.61. The van der Waals surface area contributed by atoms with Gasteiger partial charge < -0.3 is 14.8 Å². The number of rotatable bonds is 9. The number of ether oxygens (including phenoxy) is 2. The lowest BCUT2D eigenvalue weighted by Gasteiger charge is -2.12. The highest BCUT2D eigenvalue weighted by atomic mass is 16.5. The molecule has 20 heavy (non-hydrogen) atoms. The van der Waals surface area contributed by atoms with E-state index in [0.29, 0.717) is 0 Å². The van der Waals surface area contributed by atoms with Gasteiger partial charge in [0.1, 0.15) is 5.75 Å². The molecule has 1 saturated carbocycles. The van der Waals surface area contributed by atoms with Gasteiger partial charge in [0.25, 0.3) is 0 Å². The molecule has 1 aromatic carbocycles. The summed E-state index contributed by atoms with van der Waals surface area (Å²) in [6, 6.07) is 9.09. The lowest BCUT2D eigenvalue weighted by Crippen LogP contribution is -2.27. The summed E-state index contributed by atoms with van der Waals surface area (Å²) < 4.78 is 10.8. The topological polar surface area (TPSA) is 30.5 Å². The molecule has 1 aromatic rings. The lowest BCUT2D eigenvalue weighted by atomic mass is 10.1. The van der Waals surface area contributed by atoms with Crippen molar-refractivity contribution in [2.75, 3.05) is 26.9 Å². The van der Waals surface area contributed by atoms with Crippen LogP contribution in [0.2, 0.25) is 0 Å². The first-order chi connectivity index (χ1) is 9.88. The third kappa shape index (κ3) is 5.51. The van der Waals surface area contributed by atoms with Gasteiger partial charge in [-0.2, -0.15) is 0 Å². The van der Waals surface area contributed by atoms with Crippen LogP contribution in [-0.4, -0.2) is 32.9 Å². The molecule has 3 nitrogen and oxygen atoms in total. The molecule has 0 amide bonds. The highest BCUT2D eigenvalue weighted by Gasteiger charge is 2.13. The minimum absolute atomic E-state index is 0.759. The maximum absolute atomic E-state index is 5.76. The number of hydrogen-bond acceptors (Lipinski definition) is 3. The molecular formula is C17H27NO2. The van der Waals surface area contributed by atoms with Gasteiger partial charge in [-0.3, -0.25) is 0 Å². The molecule has 0 saturated heterocycles. The molecule has 0 heterocycles. The largest absolute Gasteiger partial charge is 0.494 e. The van der Waals surface area contributed by atoms with Crippen LogP contribution in [0.15, 0.2) is 24.3 Å². The van der Waals surface area contributed by atoms with Crippen LogP contribution in [0.4, 0.5) is 0 Å². The summed E-state index contributed by atoms with van der Waals surface area (Å²) in [5.41, 5.74) is 1.29. The van der Waals surface area contributed by atoms with Crippen LogP contribution >= 0.6 is 0 Å². The standard InChI is InChI=1S/C17H27NO2/c1-19-14-11-15-7-9-17(10-8-15)20-13-4-12-18-16-5-2-3-6-16/h7-10,16,18H,2-6,11-14H2,1H3. The average molecular weight is 277 g/mol. The summed E-state index contributed by atoms with van der Waals surface area (Å²) in [6.45, 7) is 2.63. The summed E-state index contributed by atoms with van der Waals surface area (Å²) in [7, 11) is 1.73. The molecule has 2 rings (SSSR count). The van der Waals surface area contributed by atoms with Gasteiger partial charge in [0.05, 0.1) is 13.2 Å². The minimum atomic E-state index is 0.759. The Hall–Kier alpha value is -1.06. The Morgan fingerprint density at radius 2 is 1.85 bits per heavy atom. The molecule has 112 valence electrons. The number of benzene rings is 1. The zero-order valence-corrected chi connectivity index (χ0v) is 12.6. The third-order valence-electron chi connectivity index (χ3n) is 3.90. The molecule has 0 aromatic heterocycles. The second kappa shape index (κ2) is 8.98. The van der Waals surface area contributed by atoms with Gasteiger partial charge in [0.15, 0.2) is 0 Å². The molecule has 0 radical (unpaired) electrons. The Kier molecular flexibility index (Phi) is 6.89. The van der Waals surface area contributed by atoms with Crippen LogP contribution in [0.1, 0.15) is 37.7 Å². The van der Waals surface area contributed by atoms with Crippen LogP contribution < -0.4 is 10.1 Å². The van der Waals surface area contributed by atoms with E-state index in [1.165, 1.54) is 31.2 Å². The van der Waals surface area contributed by atoms with Gasteiger partial charge in [-0.15, -0.1) is 0 Å². The normalized spacial score (nSPS) is 15.7. The van der Waals surface area contributed by atoms with Crippen molar-refractivity contribution in [3.63, 3.8) is 0 Å². The second-order valence-electron chi connectivity index (χ2n) is 5.52. The second-order valence-corrected chi connectivity index (χ2v) is 5.52. The third-order valence-corrected chi connectivity index (χ3v) is 3.90. The van der Waals surface area contributed by atoms with Gasteiger partial charge in [-0.05, 0) is 49.9 Å². The maximum atomic E-state index is 5.76. The Bertz CT molecular complexity index is 358. The van der Waals surface area contributed by atoms with E-state index in [2.05, 4.69) is 29.6 Å². The van der Waals surface area contributed by atoms with Crippen LogP contribution in [0.5, 0.6) is 5.75 Å². The zero-order chi connectivity index (χ0) is 14.0. The van der Waals surface area contributed by atoms with E-state index >= 15 is 0 Å². The molecule has 3 heteroatoms. The molecular weight excluding hydrogens is 250 g/mol. The van der Waals surface area contributed by atoms with Crippen molar-refractivity contribution >= 4 is 0 Å². The average Bonchev–Trinajstić information content (AvgIpc) is 2.99. The number of hydrogen-bond donors (Lipinski definition) is 1. The molecule has 0 aliphatic heterocycles. The molecule has 1 aliphatic carbocycles. The predicted octanol–water partition coefficient (Wildman–Crippen LogP) is 3.18. The summed E-state index contributed by atoms with van der Waals surface area (Å²) in [6.07, 6.45) is 7.52. The number of methoxy groups -OCH3 is 1. The lowest BCUT2D eigenvalue weighted by molar-refractivity contribution is 0.202. The number of nitrogens with one attached hydrogen (secondary N) is 1. The first kappa shape index (κ1) is 15.3. The van der Waals surface area contributed by atoms with Gasteiger partial charge >= 0.3 is 0 Å². The molecule has 1 aliphatic rings. The fourth-order valence-electron chi connectivity index (χ4n) is 2.67. The van der Waals surface area contributed by atoms with E-state index in [-0.39, 0.29) is 0 Å². The van der Waals surface area contributed by atoms with Crippen LogP contribution in [0.3, 0.4) is 0 Å². The van der Waals surface area contributed by atoms with Gasteiger partial charge in [-0.25, -0.2) is 0 Å². The molecule has 0 spiro atoms. The first-order valence-corrected chi connectivity index (χ1v) is 7.82. The van der Waals surface area contributed by atoms with E-state index in [1.807, 2.05) is 0 Å². The van der Waals surface area contributed by atoms with E-state index in [0.717, 1.165) is 44.4 Å². The van der Waals surface area contributed by atoms with Crippen molar-refractivity contribution in [1.82, 2.24) is 5.32 Å². The zero-order valence-electron chi connectivity index (χ0n) is 12.6. The summed E-state index contributed by atoms with van der Waals surface area (Å²) in [5.74, 6) is 0.965. The highest BCUT2D eigenvalue weighted by Crippen LogP contribution is 2.17. The van der Waals surface area contributed by atoms with Crippen molar-refractivity contribution in [2.45, 2.75) is 44.6 Å². The van der Waals surface area contributed by atoms with Crippen LogP contribution in [-0.2, 0) is 11.2 Å². The van der Waals surface area contributed by atoms with Crippen LogP contribution in [0.25, 0.3) is 0 Å². The quantitative estimate of drug-likeness (QED) is 0.703. The molecule has 1 fully saturated rings. The highest BCUT2D eigenvalue weighted by molar-refractivity contribution is 5.27.